The standard InChI is InChI=1S/C23H35ClN2O3/c1-23(2,3)16-25-11-8-19(9-12-25)29-21-7-6-18(13-20(21)24)22(28)26-10-4-5-17(14-26)15-27/h6-7,13,17,19,27H,4-5,8-12,14-16H2,1-3H3. The first-order chi connectivity index (χ1) is 13.7. The Hall–Kier alpha value is -1.30. The molecule has 3 rings (SSSR count). The van der Waals surface area contributed by atoms with Crippen molar-refractivity contribution in [3.05, 3.63) is 28.8 Å². The number of nitrogens with zero attached hydrogens (tertiary/aromatic N) is 2. The maximum absolute atomic E-state index is 12.8. The fraction of sp³-hybridized carbons (Fsp3) is 0.696. The van der Waals surface area contributed by atoms with Crippen LogP contribution in [0.15, 0.2) is 18.2 Å². The van der Waals surface area contributed by atoms with Gasteiger partial charge < -0.3 is 19.6 Å². The van der Waals surface area contributed by atoms with Crippen LogP contribution >= 0.6 is 11.6 Å². The van der Waals surface area contributed by atoms with Gasteiger partial charge in [-0.15, -0.1) is 0 Å². The lowest BCUT2D eigenvalue weighted by molar-refractivity contribution is 0.0620. The number of rotatable bonds is 5. The Morgan fingerprint density at radius 1 is 1.21 bits per heavy atom. The fourth-order valence-electron chi connectivity index (χ4n) is 4.35. The molecule has 2 aliphatic rings. The number of benzene rings is 1. The zero-order valence-electron chi connectivity index (χ0n) is 18.0. The third-order valence-electron chi connectivity index (χ3n) is 5.77. The summed E-state index contributed by atoms with van der Waals surface area (Å²) in [5, 5.41) is 9.88. The molecule has 0 spiro atoms. The van der Waals surface area contributed by atoms with Crippen LogP contribution < -0.4 is 4.74 Å². The number of halogens is 1. The Balaban J connectivity index is 1.55. The fourth-order valence-corrected chi connectivity index (χ4v) is 4.57. The summed E-state index contributed by atoms with van der Waals surface area (Å²) >= 11 is 6.46. The molecule has 1 N–H and O–H groups in total. The second kappa shape index (κ2) is 9.67. The topological polar surface area (TPSA) is 53.0 Å². The van der Waals surface area contributed by atoms with E-state index in [4.69, 9.17) is 16.3 Å². The SMILES string of the molecule is CC(C)(C)CN1CCC(Oc2ccc(C(=O)N3CCCC(CO)C3)cc2Cl)CC1. The molecule has 1 unspecified atom stereocenters. The van der Waals surface area contributed by atoms with Gasteiger partial charge in [0.15, 0.2) is 0 Å². The summed E-state index contributed by atoms with van der Waals surface area (Å²) in [5.41, 5.74) is 0.895. The van der Waals surface area contributed by atoms with Crippen LogP contribution in [0, 0.1) is 11.3 Å². The molecule has 5 nitrogen and oxygen atoms in total. The van der Waals surface area contributed by atoms with E-state index in [2.05, 4.69) is 25.7 Å². The first-order valence-electron chi connectivity index (χ1n) is 10.8. The maximum Gasteiger partial charge on any atom is 0.253 e. The van der Waals surface area contributed by atoms with Gasteiger partial charge in [0, 0.05) is 44.9 Å². The zero-order valence-corrected chi connectivity index (χ0v) is 18.7. The van der Waals surface area contributed by atoms with E-state index in [1.54, 1.807) is 12.1 Å². The van der Waals surface area contributed by atoms with Gasteiger partial charge in [0.1, 0.15) is 11.9 Å². The van der Waals surface area contributed by atoms with Crippen molar-refractivity contribution in [2.75, 3.05) is 39.3 Å². The summed E-state index contributed by atoms with van der Waals surface area (Å²) in [4.78, 5) is 17.1. The van der Waals surface area contributed by atoms with Crippen molar-refractivity contribution in [3.63, 3.8) is 0 Å². The van der Waals surface area contributed by atoms with Gasteiger partial charge in [0.2, 0.25) is 0 Å². The van der Waals surface area contributed by atoms with Gasteiger partial charge in [0.05, 0.1) is 5.02 Å². The minimum Gasteiger partial charge on any atom is -0.489 e. The molecule has 2 fully saturated rings. The van der Waals surface area contributed by atoms with E-state index in [1.807, 2.05) is 11.0 Å². The van der Waals surface area contributed by atoms with Gasteiger partial charge >= 0.3 is 0 Å². The van der Waals surface area contributed by atoms with Gasteiger partial charge in [-0.25, -0.2) is 0 Å². The molecule has 0 saturated carbocycles. The number of piperidine rings is 2. The number of amides is 1. The minimum atomic E-state index is -0.0212. The number of carbonyl (C=O) groups is 1. The predicted octanol–water partition coefficient (Wildman–Crippen LogP) is 4.07. The second-order valence-corrected chi connectivity index (χ2v) is 10.1. The quantitative estimate of drug-likeness (QED) is 0.776. The number of aliphatic hydroxyl groups is 1. The first kappa shape index (κ1) is 22.4. The number of likely N-dealkylation sites (tertiary alicyclic amines) is 2. The normalized spacial score (nSPS) is 22.0. The van der Waals surface area contributed by atoms with Crippen LogP contribution in [0.1, 0.15) is 56.8 Å². The molecule has 1 aromatic rings. The Kier molecular flexibility index (Phi) is 7.47. The van der Waals surface area contributed by atoms with E-state index in [9.17, 15) is 9.90 Å². The molecule has 0 aliphatic carbocycles. The van der Waals surface area contributed by atoms with E-state index >= 15 is 0 Å². The highest BCUT2D eigenvalue weighted by molar-refractivity contribution is 6.32. The van der Waals surface area contributed by atoms with Crippen molar-refractivity contribution in [2.24, 2.45) is 11.3 Å². The van der Waals surface area contributed by atoms with Crippen LogP contribution in [0.2, 0.25) is 5.02 Å². The van der Waals surface area contributed by atoms with Crippen molar-refractivity contribution in [1.82, 2.24) is 9.80 Å². The number of aliphatic hydroxyl groups excluding tert-OH is 1. The highest BCUT2D eigenvalue weighted by Crippen LogP contribution is 2.30. The number of carbonyl (C=O) groups excluding carboxylic acids is 1. The maximum atomic E-state index is 12.8. The monoisotopic (exact) mass is 422 g/mol. The zero-order chi connectivity index (χ0) is 21.0. The van der Waals surface area contributed by atoms with Crippen LogP contribution in [0.3, 0.4) is 0 Å². The summed E-state index contributed by atoms with van der Waals surface area (Å²) in [6.07, 6.45) is 4.05. The van der Waals surface area contributed by atoms with Crippen LogP contribution in [-0.2, 0) is 0 Å². The Morgan fingerprint density at radius 3 is 2.55 bits per heavy atom. The van der Waals surface area contributed by atoms with Gasteiger partial charge in [-0.1, -0.05) is 32.4 Å². The highest BCUT2D eigenvalue weighted by Gasteiger charge is 2.26. The lowest BCUT2D eigenvalue weighted by atomic mass is 9.94. The van der Waals surface area contributed by atoms with Crippen molar-refractivity contribution in [1.29, 1.82) is 0 Å². The lowest BCUT2D eigenvalue weighted by Crippen LogP contribution is -2.42. The molecular weight excluding hydrogens is 388 g/mol. The molecular formula is C23H35ClN2O3. The van der Waals surface area contributed by atoms with Crippen molar-refractivity contribution in [3.8, 4) is 5.75 Å². The van der Waals surface area contributed by atoms with E-state index in [-0.39, 0.29) is 24.5 Å². The van der Waals surface area contributed by atoms with Crippen molar-refractivity contribution in [2.45, 2.75) is 52.6 Å². The summed E-state index contributed by atoms with van der Waals surface area (Å²) in [6.45, 7) is 11.5. The molecule has 0 bridgehead atoms. The van der Waals surface area contributed by atoms with E-state index in [0.29, 0.717) is 28.3 Å². The lowest BCUT2D eigenvalue weighted by Gasteiger charge is -2.36. The molecule has 6 heteroatoms. The van der Waals surface area contributed by atoms with Crippen molar-refractivity contribution >= 4 is 17.5 Å². The summed E-state index contributed by atoms with van der Waals surface area (Å²) in [6, 6.07) is 5.35. The largest absolute Gasteiger partial charge is 0.489 e. The summed E-state index contributed by atoms with van der Waals surface area (Å²) in [5.74, 6) is 0.811. The first-order valence-corrected chi connectivity index (χ1v) is 11.2. The van der Waals surface area contributed by atoms with Crippen molar-refractivity contribution < 1.29 is 14.6 Å². The molecule has 1 atom stereocenters. The van der Waals surface area contributed by atoms with Gasteiger partial charge in [0.25, 0.3) is 5.91 Å². The van der Waals surface area contributed by atoms with Gasteiger partial charge in [-0.3, -0.25) is 4.79 Å². The average molecular weight is 423 g/mol. The molecule has 2 saturated heterocycles. The molecule has 1 aromatic carbocycles. The van der Waals surface area contributed by atoms with Gasteiger partial charge in [-0.2, -0.15) is 0 Å². The van der Waals surface area contributed by atoms with Crippen LogP contribution in [0.4, 0.5) is 0 Å². The number of ether oxygens (including phenoxy) is 1. The minimum absolute atomic E-state index is 0.0212. The van der Waals surface area contributed by atoms with Crippen LogP contribution in [-0.4, -0.2) is 66.2 Å². The Morgan fingerprint density at radius 2 is 1.93 bits per heavy atom. The third-order valence-corrected chi connectivity index (χ3v) is 6.06. The molecule has 1 amide bonds. The Bertz CT molecular complexity index is 696. The average Bonchev–Trinajstić information content (AvgIpc) is 2.69. The molecule has 162 valence electrons. The summed E-state index contributed by atoms with van der Waals surface area (Å²) in [7, 11) is 0. The molecule has 0 radical (unpaired) electrons. The second-order valence-electron chi connectivity index (χ2n) is 9.74. The van der Waals surface area contributed by atoms with E-state index in [0.717, 1.165) is 51.9 Å². The molecule has 2 heterocycles. The van der Waals surface area contributed by atoms with Gasteiger partial charge in [-0.05, 0) is 55.2 Å². The molecule has 29 heavy (non-hydrogen) atoms. The van der Waals surface area contributed by atoms with Crippen LogP contribution in [0.25, 0.3) is 0 Å². The van der Waals surface area contributed by atoms with E-state index in [1.165, 1.54) is 0 Å². The molecule has 0 aromatic heterocycles. The predicted molar refractivity (Wildman–Crippen MR) is 117 cm³/mol. The number of hydrogen-bond donors (Lipinski definition) is 1. The summed E-state index contributed by atoms with van der Waals surface area (Å²) < 4.78 is 6.16. The highest BCUT2D eigenvalue weighted by atomic mass is 35.5. The smallest absolute Gasteiger partial charge is 0.253 e. The number of hydrogen-bond acceptors (Lipinski definition) is 4. The van der Waals surface area contributed by atoms with E-state index < -0.39 is 0 Å². The Labute approximate surface area is 180 Å². The molecule has 2 aliphatic heterocycles. The third kappa shape index (κ3) is 6.34. The van der Waals surface area contributed by atoms with Crippen LogP contribution in [0.5, 0.6) is 5.75 Å².